The Morgan fingerprint density at radius 1 is 1.00 bits per heavy atom. The second-order valence-electron chi connectivity index (χ2n) is 3.67. The van der Waals surface area contributed by atoms with E-state index in [0.29, 0.717) is 0 Å². The Kier molecular flexibility index (Phi) is 12.5. The minimum absolute atomic E-state index is 0.0326. The third-order valence-corrected chi connectivity index (χ3v) is 3.92. The smallest absolute Gasteiger partial charge is 0.372 e. The Morgan fingerprint density at radius 2 is 1.38 bits per heavy atom. The zero-order valence-electron chi connectivity index (χ0n) is 9.96. The van der Waals surface area contributed by atoms with Crippen LogP contribution in [0.1, 0.15) is 52.4 Å². The quantitative estimate of drug-likeness (QED) is 0.281. The molecule has 0 aromatic carbocycles. The zero-order valence-corrected chi connectivity index (χ0v) is 14.3. The second-order valence-corrected chi connectivity index (χ2v) is 6.44. The van der Waals surface area contributed by atoms with Crippen molar-refractivity contribution in [3.8, 4) is 0 Å². The Labute approximate surface area is 126 Å². The van der Waals surface area contributed by atoms with Gasteiger partial charge in [-0.15, -0.1) is 0 Å². The van der Waals surface area contributed by atoms with Gasteiger partial charge in [0.25, 0.3) is 0 Å². The van der Waals surface area contributed by atoms with Gasteiger partial charge >= 0.3 is 7.32 Å². The average molecular weight is 453 g/mol. The Morgan fingerprint density at radius 3 is 1.69 bits per heavy atom. The fourth-order valence-corrected chi connectivity index (χ4v) is 2.50. The maximum absolute atomic E-state index is 11.4. The fraction of sp³-hybridized carbons (Fsp3) is 1.00. The van der Waals surface area contributed by atoms with Crippen LogP contribution in [0.5, 0.6) is 0 Å². The first-order chi connectivity index (χ1) is 7.60. The predicted octanol–water partition coefficient (Wildman–Crippen LogP) is 4.34. The van der Waals surface area contributed by atoms with E-state index in [0.717, 1.165) is 38.5 Å². The van der Waals surface area contributed by atoms with Gasteiger partial charge in [0, 0.05) is 0 Å². The van der Waals surface area contributed by atoms with E-state index in [1.165, 1.54) is 0 Å². The van der Waals surface area contributed by atoms with Gasteiger partial charge in [-0.25, -0.2) is 5.02 Å². The van der Waals surface area contributed by atoms with Gasteiger partial charge in [0.2, 0.25) is 0 Å². The summed E-state index contributed by atoms with van der Waals surface area (Å²) < 4.78 is 10.3. The monoisotopic (exact) mass is 453 g/mol. The van der Waals surface area contributed by atoms with Gasteiger partial charge < -0.3 is 9.31 Å². The lowest BCUT2D eigenvalue weighted by atomic mass is 10.2. The number of rotatable bonds is 10. The lowest BCUT2D eigenvalue weighted by molar-refractivity contribution is 0.0932. The molecule has 0 saturated heterocycles. The minimum atomic E-state index is -1.34. The second kappa shape index (κ2) is 11.5. The van der Waals surface area contributed by atoms with Gasteiger partial charge in [-0.2, -0.15) is 0 Å². The molecule has 16 heavy (non-hydrogen) atoms. The van der Waals surface area contributed by atoms with Crippen molar-refractivity contribution in [2.45, 2.75) is 60.6 Å². The van der Waals surface area contributed by atoms with Crippen LogP contribution in [0.15, 0.2) is 0 Å². The summed E-state index contributed by atoms with van der Waals surface area (Å²) in [5.74, 6) is 0. The molecule has 0 aromatic rings. The molecule has 0 fully saturated rings. The van der Waals surface area contributed by atoms with E-state index in [-0.39, 0.29) is 8.22 Å². The maximum Gasteiger partial charge on any atom is 0.668 e. The minimum Gasteiger partial charge on any atom is -0.372 e. The third-order valence-electron chi connectivity index (χ3n) is 2.09. The number of unbranched alkanes of at least 4 members (excludes halogenated alkanes) is 2. The lowest BCUT2D eigenvalue weighted by Gasteiger charge is -2.15. The molecule has 0 rings (SSSR count). The highest BCUT2D eigenvalue weighted by Crippen LogP contribution is 2.17. The van der Waals surface area contributed by atoms with E-state index in [1.807, 2.05) is 0 Å². The molecule has 0 saturated carbocycles. The summed E-state index contributed by atoms with van der Waals surface area (Å²) in [6.45, 7) is 4.25. The Hall–Kier alpha value is 1.40. The highest BCUT2D eigenvalue weighted by Gasteiger charge is 2.25. The number of hydrogen-bond acceptors (Lipinski definition) is 2. The Balaban J connectivity index is 3.58. The molecule has 0 aromatic heterocycles. The fourth-order valence-electron chi connectivity index (χ4n) is 1.14. The number of halogens is 2. The summed E-state index contributed by atoms with van der Waals surface area (Å²) in [5.41, 5.74) is 0. The van der Waals surface area contributed by atoms with Crippen molar-refractivity contribution in [3.63, 3.8) is 0 Å². The summed E-state index contributed by atoms with van der Waals surface area (Å²) in [6, 6.07) is 0. The summed E-state index contributed by atoms with van der Waals surface area (Å²) in [5, 5.41) is 11.4. The van der Waals surface area contributed by atoms with Crippen LogP contribution in [-0.4, -0.2) is 15.5 Å². The molecule has 2 atom stereocenters. The molecule has 3 nitrogen and oxygen atoms in total. The zero-order chi connectivity index (χ0) is 12.4. The standard InChI is InChI=1S/C10H20BI2O3/c1-3-5-7-9(12)15-11(14)16-10(13)8-6-4-2/h9-10H,3-8H2,1-2H3. The molecule has 0 aliphatic heterocycles. The number of hydrogen-bond donors (Lipinski definition) is 0. The molecule has 0 spiro atoms. The van der Waals surface area contributed by atoms with Crippen molar-refractivity contribution in [1.82, 2.24) is 0 Å². The van der Waals surface area contributed by atoms with Gasteiger partial charge in [-0.05, 0) is 12.8 Å². The van der Waals surface area contributed by atoms with Gasteiger partial charge in [0.1, 0.15) is 0 Å². The van der Waals surface area contributed by atoms with Crippen LogP contribution in [-0.2, 0) is 14.3 Å². The lowest BCUT2D eigenvalue weighted by Crippen LogP contribution is -2.28. The summed E-state index contributed by atoms with van der Waals surface area (Å²) in [6.07, 6.45) is 6.25. The normalized spacial score (nSPS) is 14.8. The van der Waals surface area contributed by atoms with E-state index in [9.17, 15) is 5.02 Å². The predicted molar refractivity (Wildman–Crippen MR) is 83.3 cm³/mol. The Bertz CT molecular complexity index is 147. The third kappa shape index (κ3) is 10.6. The van der Waals surface area contributed by atoms with Gasteiger partial charge in [0.05, 0.1) is 8.22 Å². The van der Waals surface area contributed by atoms with Crippen LogP contribution in [0.3, 0.4) is 0 Å². The van der Waals surface area contributed by atoms with Crippen LogP contribution < -0.4 is 0 Å². The SMILES string of the molecule is CCCCC(I)OB([O])OC(I)CCCC. The molecule has 0 aliphatic carbocycles. The van der Waals surface area contributed by atoms with E-state index in [2.05, 4.69) is 59.0 Å². The topological polar surface area (TPSA) is 38.4 Å². The molecular weight excluding hydrogens is 433 g/mol. The average Bonchev–Trinajstić information content (AvgIpc) is 2.23. The molecule has 0 amide bonds. The van der Waals surface area contributed by atoms with Crippen molar-refractivity contribution in [2.75, 3.05) is 0 Å². The molecule has 0 heterocycles. The highest BCUT2D eigenvalue weighted by atomic mass is 127. The van der Waals surface area contributed by atoms with Gasteiger partial charge in [-0.1, -0.05) is 84.7 Å². The molecule has 95 valence electrons. The van der Waals surface area contributed by atoms with Crippen molar-refractivity contribution < 1.29 is 14.3 Å². The molecule has 6 heteroatoms. The van der Waals surface area contributed by atoms with Crippen LogP contribution >= 0.6 is 45.2 Å². The molecule has 0 aliphatic rings. The van der Waals surface area contributed by atoms with Gasteiger partial charge in [0.15, 0.2) is 0 Å². The van der Waals surface area contributed by atoms with Crippen LogP contribution in [0.4, 0.5) is 0 Å². The first-order valence-corrected chi connectivity index (χ1v) is 8.34. The van der Waals surface area contributed by atoms with Crippen molar-refractivity contribution >= 4 is 52.5 Å². The summed E-state index contributed by atoms with van der Waals surface area (Å²) in [4.78, 5) is 0. The maximum atomic E-state index is 11.4. The highest BCUT2D eigenvalue weighted by molar-refractivity contribution is 14.1. The van der Waals surface area contributed by atoms with Crippen molar-refractivity contribution in [3.05, 3.63) is 0 Å². The first-order valence-electron chi connectivity index (χ1n) is 5.85. The molecule has 2 unspecified atom stereocenters. The number of alkyl halides is 2. The van der Waals surface area contributed by atoms with Crippen molar-refractivity contribution in [1.29, 1.82) is 0 Å². The van der Waals surface area contributed by atoms with Crippen LogP contribution in [0, 0.1) is 0 Å². The first kappa shape index (κ1) is 17.4. The van der Waals surface area contributed by atoms with E-state index >= 15 is 0 Å². The molecule has 0 bridgehead atoms. The van der Waals surface area contributed by atoms with E-state index in [1.54, 1.807) is 0 Å². The van der Waals surface area contributed by atoms with Crippen molar-refractivity contribution in [2.24, 2.45) is 0 Å². The largest absolute Gasteiger partial charge is 0.668 e. The van der Waals surface area contributed by atoms with Crippen LogP contribution in [0.2, 0.25) is 0 Å². The molecule has 0 N–H and O–H groups in total. The summed E-state index contributed by atoms with van der Waals surface area (Å²) >= 11 is 4.30. The summed E-state index contributed by atoms with van der Waals surface area (Å²) in [7, 11) is -1.34. The van der Waals surface area contributed by atoms with E-state index in [4.69, 9.17) is 9.31 Å². The van der Waals surface area contributed by atoms with Gasteiger partial charge in [-0.3, -0.25) is 0 Å². The molecule has 1 radical (unpaired) electrons. The molecular formula is C10H20BI2O3. The van der Waals surface area contributed by atoms with E-state index < -0.39 is 7.32 Å². The van der Waals surface area contributed by atoms with Crippen LogP contribution in [0.25, 0.3) is 0 Å².